The summed E-state index contributed by atoms with van der Waals surface area (Å²) in [7, 11) is 0. The van der Waals surface area contributed by atoms with Crippen molar-refractivity contribution in [3.63, 3.8) is 0 Å². The largest absolute Gasteiger partial charge is 0.356 e. The van der Waals surface area contributed by atoms with E-state index in [0.717, 1.165) is 32.5 Å². The molecule has 1 aliphatic rings. The van der Waals surface area contributed by atoms with Crippen LogP contribution in [-0.4, -0.2) is 36.2 Å². The molecule has 0 aliphatic carbocycles. The SMILES string of the molecule is O=C(CCC(=O)c1ccc(Cl)cc1)NCC1CCN(Cc2cccs2)CC1. The van der Waals surface area contributed by atoms with Crippen LogP contribution in [-0.2, 0) is 11.3 Å². The summed E-state index contributed by atoms with van der Waals surface area (Å²) >= 11 is 7.63. The van der Waals surface area contributed by atoms with Crippen LogP contribution >= 0.6 is 22.9 Å². The molecule has 6 heteroatoms. The number of hydrogen-bond acceptors (Lipinski definition) is 4. The highest BCUT2D eigenvalue weighted by atomic mass is 35.5. The molecule has 3 rings (SSSR count). The van der Waals surface area contributed by atoms with Gasteiger partial charge in [-0.3, -0.25) is 14.5 Å². The molecule has 0 saturated carbocycles. The number of likely N-dealkylation sites (tertiary alicyclic amines) is 1. The van der Waals surface area contributed by atoms with Crippen molar-refractivity contribution in [1.82, 2.24) is 10.2 Å². The molecule has 0 bridgehead atoms. The van der Waals surface area contributed by atoms with E-state index < -0.39 is 0 Å². The minimum absolute atomic E-state index is 0.0244. The topological polar surface area (TPSA) is 49.4 Å². The van der Waals surface area contributed by atoms with Crippen LogP contribution < -0.4 is 5.32 Å². The zero-order valence-corrected chi connectivity index (χ0v) is 16.9. The van der Waals surface area contributed by atoms with E-state index in [2.05, 4.69) is 27.7 Å². The minimum Gasteiger partial charge on any atom is -0.356 e. The number of thiophene rings is 1. The first-order valence-corrected chi connectivity index (χ1v) is 10.7. The summed E-state index contributed by atoms with van der Waals surface area (Å²) in [6, 6.07) is 11.1. The summed E-state index contributed by atoms with van der Waals surface area (Å²) in [4.78, 5) is 28.1. The fraction of sp³-hybridized carbons (Fsp3) is 0.429. The molecular weight excluding hydrogens is 380 g/mol. The molecule has 1 N–H and O–H groups in total. The monoisotopic (exact) mass is 404 g/mol. The Labute approximate surface area is 169 Å². The van der Waals surface area contributed by atoms with Crippen LogP contribution in [0.1, 0.15) is 40.9 Å². The molecule has 0 atom stereocenters. The Balaban J connectivity index is 1.31. The Bertz CT molecular complexity index is 738. The van der Waals surface area contributed by atoms with Gasteiger partial charge in [-0.15, -0.1) is 11.3 Å². The number of carbonyl (C=O) groups excluding carboxylic acids is 2. The number of nitrogens with one attached hydrogen (secondary N) is 1. The van der Waals surface area contributed by atoms with Crippen molar-refractivity contribution >= 4 is 34.6 Å². The van der Waals surface area contributed by atoms with E-state index in [9.17, 15) is 9.59 Å². The predicted molar refractivity (Wildman–Crippen MR) is 110 cm³/mol. The van der Waals surface area contributed by atoms with Gasteiger partial charge in [0, 0.05) is 41.4 Å². The van der Waals surface area contributed by atoms with E-state index >= 15 is 0 Å². The highest BCUT2D eigenvalue weighted by Crippen LogP contribution is 2.20. The molecule has 2 aromatic rings. The fourth-order valence-electron chi connectivity index (χ4n) is 3.33. The number of rotatable bonds is 8. The Hall–Kier alpha value is -1.69. The van der Waals surface area contributed by atoms with Gasteiger partial charge in [-0.05, 0) is 67.6 Å². The average Bonchev–Trinajstić information content (AvgIpc) is 3.19. The Morgan fingerprint density at radius 1 is 1.11 bits per heavy atom. The summed E-state index contributed by atoms with van der Waals surface area (Å²) in [5.41, 5.74) is 0.602. The number of carbonyl (C=O) groups is 2. The molecule has 1 aromatic heterocycles. The Morgan fingerprint density at radius 3 is 2.52 bits per heavy atom. The lowest BCUT2D eigenvalue weighted by atomic mass is 9.96. The second-order valence-electron chi connectivity index (χ2n) is 7.03. The number of amides is 1. The number of benzene rings is 1. The summed E-state index contributed by atoms with van der Waals surface area (Å²) < 4.78 is 0. The maximum Gasteiger partial charge on any atom is 0.220 e. The highest BCUT2D eigenvalue weighted by Gasteiger charge is 2.20. The molecule has 0 spiro atoms. The third-order valence-corrected chi connectivity index (χ3v) is 6.11. The number of piperidine rings is 1. The molecule has 1 amide bonds. The fourth-order valence-corrected chi connectivity index (χ4v) is 4.20. The van der Waals surface area contributed by atoms with Gasteiger partial charge in [0.15, 0.2) is 5.78 Å². The lowest BCUT2D eigenvalue weighted by Gasteiger charge is -2.31. The molecule has 0 radical (unpaired) electrons. The van der Waals surface area contributed by atoms with Crippen LogP contribution in [0.2, 0.25) is 5.02 Å². The van der Waals surface area contributed by atoms with Crippen molar-refractivity contribution in [2.45, 2.75) is 32.2 Å². The predicted octanol–water partition coefficient (Wildman–Crippen LogP) is 4.39. The van der Waals surface area contributed by atoms with Crippen LogP contribution in [0.15, 0.2) is 41.8 Å². The minimum atomic E-state index is -0.0432. The summed E-state index contributed by atoms with van der Waals surface area (Å²) in [5, 5.41) is 5.72. The smallest absolute Gasteiger partial charge is 0.220 e. The molecule has 27 heavy (non-hydrogen) atoms. The zero-order chi connectivity index (χ0) is 19.1. The lowest BCUT2D eigenvalue weighted by Crippen LogP contribution is -2.38. The van der Waals surface area contributed by atoms with Gasteiger partial charge in [0.2, 0.25) is 5.91 Å². The molecule has 0 unspecified atom stereocenters. The van der Waals surface area contributed by atoms with Gasteiger partial charge in [0.1, 0.15) is 0 Å². The number of ketones is 1. The van der Waals surface area contributed by atoms with Crippen LogP contribution in [0, 0.1) is 5.92 Å². The Kier molecular flexibility index (Phi) is 7.44. The van der Waals surface area contributed by atoms with E-state index in [1.165, 1.54) is 4.88 Å². The van der Waals surface area contributed by atoms with Crippen LogP contribution in [0.4, 0.5) is 0 Å². The molecule has 4 nitrogen and oxygen atoms in total. The molecule has 1 aromatic carbocycles. The quantitative estimate of drug-likeness (QED) is 0.663. The second-order valence-corrected chi connectivity index (χ2v) is 8.50. The number of nitrogens with zero attached hydrogens (tertiary/aromatic N) is 1. The third kappa shape index (κ3) is 6.45. The van der Waals surface area contributed by atoms with Crippen molar-refractivity contribution in [3.8, 4) is 0 Å². The van der Waals surface area contributed by atoms with E-state index in [-0.39, 0.29) is 24.5 Å². The molecule has 2 heterocycles. The van der Waals surface area contributed by atoms with E-state index in [1.807, 2.05) is 0 Å². The maximum atomic E-state index is 12.1. The maximum absolute atomic E-state index is 12.1. The first-order chi connectivity index (χ1) is 13.1. The lowest BCUT2D eigenvalue weighted by molar-refractivity contribution is -0.121. The van der Waals surface area contributed by atoms with Gasteiger partial charge in [-0.1, -0.05) is 17.7 Å². The number of Topliss-reactive ketones (excluding diaryl/α,β-unsaturated/α-hetero) is 1. The molecule has 1 aliphatic heterocycles. The van der Waals surface area contributed by atoms with E-state index in [0.29, 0.717) is 23.0 Å². The first-order valence-electron chi connectivity index (χ1n) is 9.40. The van der Waals surface area contributed by atoms with Crippen molar-refractivity contribution in [2.24, 2.45) is 5.92 Å². The number of hydrogen-bond donors (Lipinski definition) is 1. The second kappa shape index (κ2) is 10.0. The van der Waals surface area contributed by atoms with Gasteiger partial charge < -0.3 is 5.32 Å². The van der Waals surface area contributed by atoms with Gasteiger partial charge >= 0.3 is 0 Å². The van der Waals surface area contributed by atoms with Gasteiger partial charge in [-0.25, -0.2) is 0 Å². The van der Waals surface area contributed by atoms with Gasteiger partial charge in [0.25, 0.3) is 0 Å². The van der Waals surface area contributed by atoms with Gasteiger partial charge in [-0.2, -0.15) is 0 Å². The molecular formula is C21H25ClN2O2S. The van der Waals surface area contributed by atoms with Gasteiger partial charge in [0.05, 0.1) is 0 Å². The summed E-state index contributed by atoms with van der Waals surface area (Å²) in [5.74, 6) is 0.461. The third-order valence-electron chi connectivity index (χ3n) is 5.00. The van der Waals surface area contributed by atoms with E-state index in [1.54, 1.807) is 35.6 Å². The van der Waals surface area contributed by atoms with Crippen LogP contribution in [0.5, 0.6) is 0 Å². The molecule has 1 fully saturated rings. The standard InChI is InChI=1S/C21H25ClN2O2S/c22-18-5-3-17(4-6-18)20(25)7-8-21(26)23-14-16-9-11-24(12-10-16)15-19-2-1-13-27-19/h1-6,13,16H,7-12,14-15H2,(H,23,26). The zero-order valence-electron chi connectivity index (χ0n) is 15.3. The molecule has 1 saturated heterocycles. The number of halogens is 1. The van der Waals surface area contributed by atoms with Crippen LogP contribution in [0.3, 0.4) is 0 Å². The van der Waals surface area contributed by atoms with Crippen molar-refractivity contribution in [1.29, 1.82) is 0 Å². The van der Waals surface area contributed by atoms with Crippen molar-refractivity contribution in [2.75, 3.05) is 19.6 Å². The average molecular weight is 405 g/mol. The Morgan fingerprint density at radius 2 is 1.85 bits per heavy atom. The molecule has 144 valence electrons. The summed E-state index contributed by atoms with van der Waals surface area (Å²) in [6.45, 7) is 3.89. The highest BCUT2D eigenvalue weighted by molar-refractivity contribution is 7.09. The first kappa shape index (κ1) is 20.1. The van der Waals surface area contributed by atoms with E-state index in [4.69, 9.17) is 11.6 Å². The summed E-state index contributed by atoms with van der Waals surface area (Å²) in [6.07, 6.45) is 2.68. The van der Waals surface area contributed by atoms with Crippen molar-refractivity contribution in [3.05, 3.63) is 57.2 Å². The van der Waals surface area contributed by atoms with Crippen LogP contribution in [0.25, 0.3) is 0 Å². The normalized spacial score (nSPS) is 15.6. The van der Waals surface area contributed by atoms with Crippen molar-refractivity contribution < 1.29 is 9.59 Å².